The van der Waals surface area contributed by atoms with E-state index in [9.17, 15) is 22.8 Å². The Morgan fingerprint density at radius 2 is 1.96 bits per heavy atom. The first-order valence-electron chi connectivity index (χ1n) is 9.31. The first-order valence-corrected chi connectivity index (χ1v) is 9.31. The second-order valence-electron chi connectivity index (χ2n) is 7.36. The molecule has 7 nitrogen and oxygen atoms in total. The van der Waals surface area contributed by atoms with E-state index in [1.165, 1.54) is 10.5 Å². The van der Waals surface area contributed by atoms with E-state index in [4.69, 9.17) is 0 Å². The second kappa shape index (κ2) is 7.06. The van der Waals surface area contributed by atoms with Gasteiger partial charge in [0.2, 0.25) is 11.8 Å². The number of carbonyl (C=O) groups is 2. The lowest BCUT2D eigenvalue weighted by molar-refractivity contribution is -0.138. The zero-order valence-corrected chi connectivity index (χ0v) is 15.1. The van der Waals surface area contributed by atoms with Gasteiger partial charge in [0.15, 0.2) is 11.5 Å². The summed E-state index contributed by atoms with van der Waals surface area (Å²) < 4.78 is 40.0. The highest BCUT2D eigenvalue weighted by Gasteiger charge is 2.38. The first-order chi connectivity index (χ1) is 13.3. The lowest BCUT2D eigenvalue weighted by Gasteiger charge is -2.23. The molecule has 2 fully saturated rings. The quantitative estimate of drug-likeness (QED) is 0.861. The van der Waals surface area contributed by atoms with Crippen molar-refractivity contribution in [2.45, 2.75) is 50.9 Å². The van der Waals surface area contributed by atoms with Crippen LogP contribution in [0.5, 0.6) is 0 Å². The van der Waals surface area contributed by atoms with Crippen molar-refractivity contribution in [3.8, 4) is 0 Å². The summed E-state index contributed by atoms with van der Waals surface area (Å²) in [5.41, 5.74) is -0.554. The Morgan fingerprint density at radius 3 is 2.68 bits per heavy atom. The highest BCUT2D eigenvalue weighted by atomic mass is 19.4. The summed E-state index contributed by atoms with van der Waals surface area (Å²) >= 11 is 0. The lowest BCUT2D eigenvalue weighted by atomic mass is 10.1. The van der Waals surface area contributed by atoms with Crippen molar-refractivity contribution in [1.29, 1.82) is 0 Å². The van der Waals surface area contributed by atoms with Gasteiger partial charge in [0.05, 0.1) is 18.0 Å². The molecular formula is C18H20F3N5O2. The molecule has 10 heteroatoms. The van der Waals surface area contributed by atoms with Gasteiger partial charge in [0.25, 0.3) is 0 Å². The summed E-state index contributed by atoms with van der Waals surface area (Å²) in [4.78, 5) is 26.5. The minimum Gasteiger partial charge on any atom is -0.348 e. The molecule has 1 unspecified atom stereocenters. The predicted molar refractivity (Wildman–Crippen MR) is 91.9 cm³/mol. The van der Waals surface area contributed by atoms with E-state index in [1.807, 2.05) is 0 Å². The van der Waals surface area contributed by atoms with Crippen LogP contribution < -0.4 is 5.32 Å². The number of alkyl halides is 3. The van der Waals surface area contributed by atoms with Gasteiger partial charge in [-0.15, -0.1) is 10.2 Å². The molecule has 0 bridgehead atoms. The minimum atomic E-state index is -4.48. The number of carbonyl (C=O) groups excluding carboxylic acids is 2. The molecule has 1 aliphatic heterocycles. The Labute approximate surface area is 158 Å². The Hall–Kier alpha value is -2.65. The average molecular weight is 395 g/mol. The van der Waals surface area contributed by atoms with Crippen LogP contribution in [0.3, 0.4) is 0 Å². The number of rotatable bonds is 4. The fourth-order valence-corrected chi connectivity index (χ4v) is 4.01. The molecule has 0 radical (unpaired) electrons. The van der Waals surface area contributed by atoms with Crippen LogP contribution >= 0.6 is 0 Å². The van der Waals surface area contributed by atoms with Gasteiger partial charge in [0.1, 0.15) is 0 Å². The number of pyridine rings is 1. The van der Waals surface area contributed by atoms with Gasteiger partial charge in [0, 0.05) is 25.2 Å². The molecule has 1 aliphatic carbocycles. The van der Waals surface area contributed by atoms with Crippen molar-refractivity contribution in [1.82, 2.24) is 24.8 Å². The molecule has 2 aliphatic rings. The summed E-state index contributed by atoms with van der Waals surface area (Å²) in [6, 6.07) is 2.40. The molecule has 0 spiro atoms. The molecule has 1 atom stereocenters. The largest absolute Gasteiger partial charge is 0.417 e. The summed E-state index contributed by atoms with van der Waals surface area (Å²) in [5.74, 6) is -0.545. The first kappa shape index (κ1) is 18.7. The summed E-state index contributed by atoms with van der Waals surface area (Å²) in [5, 5.41) is 10.4. The summed E-state index contributed by atoms with van der Waals surface area (Å²) in [7, 11) is 0. The standard InChI is InChI=1S/C18H20F3N5O2/c19-18(20,21)12-5-6-14-23-24-15(26(14)10-12)8-22-17(28)11-7-16(27)25(9-11)13-3-1-2-4-13/h5-6,10-11,13H,1-4,7-9H2,(H,22,28). The predicted octanol–water partition coefficient (Wildman–Crippen LogP) is 2.16. The maximum Gasteiger partial charge on any atom is 0.417 e. The third-order valence-corrected chi connectivity index (χ3v) is 5.52. The fraction of sp³-hybridized carbons (Fsp3) is 0.556. The monoisotopic (exact) mass is 395 g/mol. The average Bonchev–Trinajstić information content (AvgIpc) is 3.38. The van der Waals surface area contributed by atoms with Crippen LogP contribution in [0, 0.1) is 5.92 Å². The molecule has 2 aromatic rings. The zero-order valence-electron chi connectivity index (χ0n) is 15.1. The Kier molecular flexibility index (Phi) is 4.72. The summed E-state index contributed by atoms with van der Waals surface area (Å²) in [6.45, 7) is 0.337. The number of hydrogen-bond acceptors (Lipinski definition) is 4. The fourth-order valence-electron chi connectivity index (χ4n) is 4.01. The third-order valence-electron chi connectivity index (χ3n) is 5.52. The van der Waals surface area contributed by atoms with Crippen LogP contribution in [-0.2, 0) is 22.3 Å². The van der Waals surface area contributed by atoms with Gasteiger partial charge in [-0.3, -0.25) is 14.0 Å². The molecule has 150 valence electrons. The number of hydrogen-bond donors (Lipinski definition) is 1. The van der Waals surface area contributed by atoms with Crippen LogP contribution in [-0.4, -0.2) is 43.9 Å². The normalized spacial score (nSPS) is 21.0. The van der Waals surface area contributed by atoms with Crippen molar-refractivity contribution in [3.63, 3.8) is 0 Å². The van der Waals surface area contributed by atoms with Gasteiger partial charge in [-0.1, -0.05) is 12.8 Å². The Morgan fingerprint density at radius 1 is 1.21 bits per heavy atom. The zero-order chi connectivity index (χ0) is 19.9. The van der Waals surface area contributed by atoms with Gasteiger partial charge in [-0.05, 0) is 25.0 Å². The highest BCUT2D eigenvalue weighted by molar-refractivity contribution is 5.89. The number of fused-ring (bicyclic) bond motifs is 1. The van der Waals surface area contributed by atoms with Gasteiger partial charge in [-0.25, -0.2) is 0 Å². The van der Waals surface area contributed by atoms with Crippen LogP contribution in [0.25, 0.3) is 5.65 Å². The number of halogens is 3. The van der Waals surface area contributed by atoms with E-state index in [0.717, 1.165) is 37.9 Å². The van der Waals surface area contributed by atoms with Gasteiger partial charge >= 0.3 is 6.18 Å². The molecule has 28 heavy (non-hydrogen) atoms. The molecule has 3 heterocycles. The number of aromatic nitrogens is 3. The molecule has 0 aromatic carbocycles. The molecule has 1 saturated heterocycles. The van der Waals surface area contributed by atoms with Gasteiger partial charge < -0.3 is 10.2 Å². The van der Waals surface area contributed by atoms with Crippen molar-refractivity contribution in [2.24, 2.45) is 5.92 Å². The van der Waals surface area contributed by atoms with Crippen molar-refractivity contribution >= 4 is 17.5 Å². The number of nitrogens with zero attached hydrogens (tertiary/aromatic N) is 4. The topological polar surface area (TPSA) is 79.6 Å². The molecular weight excluding hydrogens is 375 g/mol. The van der Waals surface area contributed by atoms with Crippen molar-refractivity contribution < 1.29 is 22.8 Å². The van der Waals surface area contributed by atoms with Crippen LogP contribution in [0.1, 0.15) is 43.5 Å². The molecule has 4 rings (SSSR count). The number of amides is 2. The van der Waals surface area contributed by atoms with E-state index in [1.54, 1.807) is 4.90 Å². The Balaban J connectivity index is 1.42. The maximum absolute atomic E-state index is 12.9. The smallest absolute Gasteiger partial charge is 0.348 e. The van der Waals surface area contributed by atoms with E-state index < -0.39 is 17.7 Å². The van der Waals surface area contributed by atoms with Gasteiger partial charge in [-0.2, -0.15) is 13.2 Å². The highest BCUT2D eigenvalue weighted by Crippen LogP contribution is 2.30. The van der Waals surface area contributed by atoms with E-state index >= 15 is 0 Å². The maximum atomic E-state index is 12.9. The van der Waals surface area contributed by atoms with Crippen LogP contribution in [0.15, 0.2) is 18.3 Å². The van der Waals surface area contributed by atoms with E-state index in [0.29, 0.717) is 6.54 Å². The lowest BCUT2D eigenvalue weighted by Crippen LogP contribution is -2.37. The van der Waals surface area contributed by atoms with Crippen molar-refractivity contribution in [2.75, 3.05) is 6.54 Å². The summed E-state index contributed by atoms with van der Waals surface area (Å²) in [6.07, 6.45) is 0.767. The molecule has 1 N–H and O–H groups in total. The van der Waals surface area contributed by atoms with Crippen molar-refractivity contribution in [3.05, 3.63) is 29.7 Å². The third kappa shape index (κ3) is 3.55. The minimum absolute atomic E-state index is 0.00482. The number of likely N-dealkylation sites (tertiary alicyclic amines) is 1. The number of nitrogens with one attached hydrogen (secondary N) is 1. The van der Waals surface area contributed by atoms with E-state index in [2.05, 4.69) is 15.5 Å². The van der Waals surface area contributed by atoms with Crippen LogP contribution in [0.2, 0.25) is 0 Å². The van der Waals surface area contributed by atoms with E-state index in [-0.39, 0.29) is 42.3 Å². The van der Waals surface area contributed by atoms with Crippen LogP contribution in [0.4, 0.5) is 13.2 Å². The second-order valence-corrected chi connectivity index (χ2v) is 7.36. The molecule has 1 saturated carbocycles. The SMILES string of the molecule is O=C(NCc1nnc2ccc(C(F)(F)F)cn12)C1CC(=O)N(C2CCCC2)C1. The Bertz CT molecular complexity index is 904. The molecule has 2 aromatic heterocycles. The molecule has 2 amide bonds.